The maximum absolute atomic E-state index is 5.79. The highest BCUT2D eigenvalue weighted by Gasteiger charge is 2.21. The smallest absolute Gasteiger partial charge is 0.110 e. The molecule has 0 bridgehead atoms. The number of imidazole rings is 1. The molecular formula is C13H25N3O. The van der Waals surface area contributed by atoms with Crippen LogP contribution in [0.5, 0.6) is 0 Å². The summed E-state index contributed by atoms with van der Waals surface area (Å²) < 4.78 is 7.87. The molecule has 4 nitrogen and oxygen atoms in total. The Labute approximate surface area is 104 Å². The molecule has 0 saturated heterocycles. The van der Waals surface area contributed by atoms with E-state index in [1.165, 1.54) is 0 Å². The molecule has 98 valence electrons. The highest BCUT2D eigenvalue weighted by molar-refractivity contribution is 4.96. The van der Waals surface area contributed by atoms with E-state index < -0.39 is 0 Å². The van der Waals surface area contributed by atoms with Gasteiger partial charge in [0.25, 0.3) is 0 Å². The van der Waals surface area contributed by atoms with Crippen LogP contribution in [0.2, 0.25) is 0 Å². The van der Waals surface area contributed by atoms with Crippen molar-refractivity contribution in [3.63, 3.8) is 0 Å². The van der Waals surface area contributed by atoms with Crippen LogP contribution in [0, 0.1) is 0 Å². The summed E-state index contributed by atoms with van der Waals surface area (Å²) in [5, 5.41) is 3.51. The van der Waals surface area contributed by atoms with Gasteiger partial charge >= 0.3 is 0 Å². The number of likely N-dealkylation sites (N-methyl/N-ethyl adjacent to an activating group) is 1. The first-order valence-electron chi connectivity index (χ1n) is 6.54. The van der Waals surface area contributed by atoms with Crippen LogP contribution in [-0.4, -0.2) is 34.8 Å². The normalized spacial score (nSPS) is 14.8. The molecule has 1 N–H and O–H groups in total. The van der Waals surface area contributed by atoms with E-state index in [9.17, 15) is 0 Å². The standard InChI is InChI=1S/C13H25N3O/c1-5-12(17-7-3)11(14-6-2)10-13-15-8-9-16(13)4/h8-9,11-12,14H,5-7,10H2,1-4H3. The number of rotatable bonds is 8. The second-order valence-electron chi connectivity index (χ2n) is 4.22. The van der Waals surface area contributed by atoms with E-state index in [0.29, 0.717) is 6.04 Å². The van der Waals surface area contributed by atoms with Gasteiger partial charge in [-0.15, -0.1) is 0 Å². The highest BCUT2D eigenvalue weighted by atomic mass is 16.5. The maximum Gasteiger partial charge on any atom is 0.110 e. The van der Waals surface area contributed by atoms with Gasteiger partial charge in [0.1, 0.15) is 5.82 Å². The molecule has 4 heteroatoms. The van der Waals surface area contributed by atoms with Crippen LogP contribution in [0.3, 0.4) is 0 Å². The molecule has 1 heterocycles. The summed E-state index contributed by atoms with van der Waals surface area (Å²) in [6.45, 7) is 8.07. The van der Waals surface area contributed by atoms with Crippen LogP contribution < -0.4 is 5.32 Å². The van der Waals surface area contributed by atoms with Gasteiger partial charge in [0.15, 0.2) is 0 Å². The van der Waals surface area contributed by atoms with Gasteiger partial charge in [-0.05, 0) is 19.9 Å². The van der Waals surface area contributed by atoms with Crippen molar-refractivity contribution in [3.8, 4) is 0 Å². The van der Waals surface area contributed by atoms with E-state index in [1.54, 1.807) is 0 Å². The van der Waals surface area contributed by atoms with Crippen LogP contribution >= 0.6 is 0 Å². The summed E-state index contributed by atoms with van der Waals surface area (Å²) in [5.74, 6) is 1.11. The third kappa shape index (κ3) is 4.13. The van der Waals surface area contributed by atoms with Gasteiger partial charge in [-0.1, -0.05) is 13.8 Å². The van der Waals surface area contributed by atoms with Gasteiger partial charge in [0, 0.05) is 38.5 Å². The fourth-order valence-electron chi connectivity index (χ4n) is 2.12. The second-order valence-corrected chi connectivity index (χ2v) is 4.22. The molecule has 0 radical (unpaired) electrons. The van der Waals surface area contributed by atoms with Crippen LogP contribution in [0.15, 0.2) is 12.4 Å². The van der Waals surface area contributed by atoms with E-state index in [4.69, 9.17) is 4.74 Å². The zero-order valence-corrected chi connectivity index (χ0v) is 11.4. The van der Waals surface area contributed by atoms with Crippen molar-refractivity contribution in [1.82, 2.24) is 14.9 Å². The molecule has 0 saturated carbocycles. The Kier molecular flexibility index (Phi) is 6.22. The summed E-state index contributed by atoms with van der Waals surface area (Å²) in [7, 11) is 2.03. The van der Waals surface area contributed by atoms with Gasteiger partial charge in [-0.2, -0.15) is 0 Å². The summed E-state index contributed by atoms with van der Waals surface area (Å²) in [6, 6.07) is 0.339. The predicted molar refractivity (Wildman–Crippen MR) is 70.1 cm³/mol. The largest absolute Gasteiger partial charge is 0.377 e. The average Bonchev–Trinajstić information content (AvgIpc) is 2.71. The van der Waals surface area contributed by atoms with Crippen LogP contribution in [-0.2, 0) is 18.2 Å². The van der Waals surface area contributed by atoms with Gasteiger partial charge in [-0.3, -0.25) is 0 Å². The molecule has 0 aliphatic rings. The second kappa shape index (κ2) is 7.45. The molecule has 0 aliphatic carbocycles. The fraction of sp³-hybridized carbons (Fsp3) is 0.769. The third-order valence-electron chi connectivity index (χ3n) is 3.02. The molecule has 0 spiro atoms. The Morgan fingerprint density at radius 2 is 2.18 bits per heavy atom. The number of aryl methyl sites for hydroxylation is 1. The fourth-order valence-corrected chi connectivity index (χ4v) is 2.12. The van der Waals surface area contributed by atoms with Crippen molar-refractivity contribution in [2.75, 3.05) is 13.2 Å². The molecule has 2 unspecified atom stereocenters. The molecule has 1 aromatic heterocycles. The predicted octanol–water partition coefficient (Wildman–Crippen LogP) is 1.76. The Bertz CT molecular complexity index is 311. The van der Waals surface area contributed by atoms with Gasteiger partial charge in [-0.25, -0.2) is 4.98 Å². The van der Waals surface area contributed by atoms with Crippen molar-refractivity contribution in [3.05, 3.63) is 18.2 Å². The number of hydrogen-bond acceptors (Lipinski definition) is 3. The maximum atomic E-state index is 5.79. The zero-order valence-electron chi connectivity index (χ0n) is 11.4. The van der Waals surface area contributed by atoms with E-state index in [0.717, 1.165) is 31.8 Å². The van der Waals surface area contributed by atoms with Crippen molar-refractivity contribution in [2.45, 2.75) is 45.8 Å². The lowest BCUT2D eigenvalue weighted by Crippen LogP contribution is -2.43. The molecule has 0 amide bonds. The minimum absolute atomic E-state index is 0.261. The quantitative estimate of drug-likeness (QED) is 0.751. The van der Waals surface area contributed by atoms with Gasteiger partial charge < -0.3 is 14.6 Å². The van der Waals surface area contributed by atoms with E-state index >= 15 is 0 Å². The molecule has 1 aromatic rings. The van der Waals surface area contributed by atoms with Crippen LogP contribution in [0.25, 0.3) is 0 Å². The molecule has 17 heavy (non-hydrogen) atoms. The molecule has 0 fully saturated rings. The van der Waals surface area contributed by atoms with E-state index in [2.05, 4.69) is 28.7 Å². The molecule has 0 aliphatic heterocycles. The Hall–Kier alpha value is -0.870. The number of nitrogens with one attached hydrogen (secondary N) is 1. The van der Waals surface area contributed by atoms with Crippen LogP contribution in [0.4, 0.5) is 0 Å². The first-order chi connectivity index (χ1) is 8.22. The lowest BCUT2D eigenvalue weighted by Gasteiger charge is -2.26. The Morgan fingerprint density at radius 3 is 2.65 bits per heavy atom. The summed E-state index contributed by atoms with van der Waals surface area (Å²) in [6.07, 6.45) is 6.03. The number of hydrogen-bond donors (Lipinski definition) is 1. The number of ether oxygens (including phenoxy) is 1. The third-order valence-corrected chi connectivity index (χ3v) is 3.02. The minimum Gasteiger partial charge on any atom is -0.377 e. The lowest BCUT2D eigenvalue weighted by molar-refractivity contribution is 0.0317. The molecule has 2 atom stereocenters. The molecule has 1 rings (SSSR count). The lowest BCUT2D eigenvalue weighted by atomic mass is 10.0. The number of aromatic nitrogens is 2. The highest BCUT2D eigenvalue weighted by Crippen LogP contribution is 2.10. The van der Waals surface area contributed by atoms with Gasteiger partial charge in [0.05, 0.1) is 6.10 Å². The topological polar surface area (TPSA) is 39.1 Å². The average molecular weight is 239 g/mol. The minimum atomic E-state index is 0.261. The summed E-state index contributed by atoms with van der Waals surface area (Å²) >= 11 is 0. The van der Waals surface area contributed by atoms with E-state index in [1.807, 2.05) is 26.4 Å². The van der Waals surface area contributed by atoms with E-state index in [-0.39, 0.29) is 6.10 Å². The van der Waals surface area contributed by atoms with Crippen molar-refractivity contribution in [2.24, 2.45) is 7.05 Å². The zero-order chi connectivity index (χ0) is 12.7. The Balaban J connectivity index is 2.67. The van der Waals surface area contributed by atoms with Crippen molar-refractivity contribution in [1.29, 1.82) is 0 Å². The summed E-state index contributed by atoms with van der Waals surface area (Å²) in [5.41, 5.74) is 0. The van der Waals surface area contributed by atoms with Crippen molar-refractivity contribution < 1.29 is 4.74 Å². The number of nitrogens with zero attached hydrogens (tertiary/aromatic N) is 2. The Morgan fingerprint density at radius 1 is 1.41 bits per heavy atom. The SMILES string of the molecule is CCNC(Cc1nccn1C)C(CC)OCC. The first kappa shape index (κ1) is 14.2. The monoisotopic (exact) mass is 239 g/mol. The molecular weight excluding hydrogens is 214 g/mol. The molecule has 0 aromatic carbocycles. The van der Waals surface area contributed by atoms with Crippen LogP contribution in [0.1, 0.15) is 33.0 Å². The first-order valence-corrected chi connectivity index (χ1v) is 6.54. The van der Waals surface area contributed by atoms with Gasteiger partial charge in [0.2, 0.25) is 0 Å². The summed E-state index contributed by atoms with van der Waals surface area (Å²) in [4.78, 5) is 4.38. The van der Waals surface area contributed by atoms with Crippen molar-refractivity contribution >= 4 is 0 Å².